The molecule has 1 aromatic rings. The van der Waals surface area contributed by atoms with Gasteiger partial charge in [0.2, 0.25) is 0 Å². The Morgan fingerprint density at radius 2 is 2.33 bits per heavy atom. The zero-order valence-corrected chi connectivity index (χ0v) is 10.6. The molecule has 0 saturated heterocycles. The summed E-state index contributed by atoms with van der Waals surface area (Å²) >= 11 is 5.63. The van der Waals surface area contributed by atoms with Crippen molar-refractivity contribution in [3.05, 3.63) is 46.3 Å². The van der Waals surface area contributed by atoms with Gasteiger partial charge >= 0.3 is 0 Å². The van der Waals surface area contributed by atoms with E-state index < -0.39 is 11.7 Å². The Kier molecular flexibility index (Phi) is 4.33. The second-order valence-corrected chi connectivity index (χ2v) is 4.51. The first-order chi connectivity index (χ1) is 8.68. The molecule has 5 heteroatoms. The van der Waals surface area contributed by atoms with Gasteiger partial charge in [0.25, 0.3) is 5.91 Å². The highest BCUT2D eigenvalue weighted by Crippen LogP contribution is 2.17. The van der Waals surface area contributed by atoms with Crippen LogP contribution in [0.3, 0.4) is 0 Å². The normalized spacial score (nSPS) is 15.1. The van der Waals surface area contributed by atoms with Crippen molar-refractivity contribution in [2.24, 2.45) is 0 Å². The Morgan fingerprint density at radius 3 is 3.06 bits per heavy atom. The lowest BCUT2D eigenvalue weighted by atomic mass is 10.1. The average Bonchev–Trinajstić information content (AvgIpc) is 2.40. The van der Waals surface area contributed by atoms with E-state index in [9.17, 15) is 9.18 Å². The maximum Gasteiger partial charge on any atom is 0.254 e. The molecule has 2 rings (SSSR count). The minimum absolute atomic E-state index is 0.0166. The molecule has 1 heterocycles. The molecule has 0 unspecified atom stereocenters. The van der Waals surface area contributed by atoms with Crippen molar-refractivity contribution in [3.63, 3.8) is 0 Å². The predicted octanol–water partition coefficient (Wildman–Crippen LogP) is 2.13. The number of rotatable bonds is 3. The fourth-order valence-corrected chi connectivity index (χ4v) is 1.97. The van der Waals surface area contributed by atoms with E-state index in [0.717, 1.165) is 25.1 Å². The van der Waals surface area contributed by atoms with Crippen LogP contribution >= 0.6 is 11.6 Å². The van der Waals surface area contributed by atoms with E-state index in [1.165, 1.54) is 12.1 Å². The summed E-state index contributed by atoms with van der Waals surface area (Å²) in [6.45, 7) is 2.18. The van der Waals surface area contributed by atoms with Gasteiger partial charge in [-0.05, 0) is 25.1 Å². The van der Waals surface area contributed by atoms with Gasteiger partial charge in [-0.2, -0.15) is 0 Å². The van der Waals surface area contributed by atoms with Crippen LogP contribution in [0.4, 0.5) is 4.39 Å². The molecule has 1 aromatic carbocycles. The Balaban J connectivity index is 1.99. The van der Waals surface area contributed by atoms with Crippen LogP contribution in [0, 0.1) is 5.82 Å². The molecule has 0 aromatic heterocycles. The summed E-state index contributed by atoms with van der Waals surface area (Å²) in [5.74, 6) is -1.11. The van der Waals surface area contributed by atoms with Crippen LogP contribution in [0.25, 0.3) is 0 Å². The maximum atomic E-state index is 13.6. The minimum atomic E-state index is -0.670. The van der Waals surface area contributed by atoms with E-state index in [1.807, 2.05) is 6.08 Å². The van der Waals surface area contributed by atoms with E-state index in [0.29, 0.717) is 6.54 Å². The van der Waals surface area contributed by atoms with Crippen LogP contribution in [0.15, 0.2) is 29.8 Å². The number of nitrogens with one attached hydrogen (secondary N) is 2. The number of halogens is 2. The number of hydrogen-bond acceptors (Lipinski definition) is 2. The first kappa shape index (κ1) is 13.1. The molecule has 1 aliphatic heterocycles. The zero-order valence-electron chi connectivity index (χ0n) is 9.80. The third-order valence-electron chi connectivity index (χ3n) is 2.83. The smallest absolute Gasteiger partial charge is 0.254 e. The van der Waals surface area contributed by atoms with Crippen molar-refractivity contribution < 1.29 is 9.18 Å². The van der Waals surface area contributed by atoms with Crippen molar-refractivity contribution in [2.75, 3.05) is 19.6 Å². The number of carbonyl (C=O) groups excluding carboxylic acids is 1. The van der Waals surface area contributed by atoms with Gasteiger partial charge in [-0.1, -0.05) is 29.3 Å². The first-order valence-electron chi connectivity index (χ1n) is 5.79. The topological polar surface area (TPSA) is 41.1 Å². The molecule has 0 atom stereocenters. The molecule has 2 N–H and O–H groups in total. The zero-order chi connectivity index (χ0) is 13.0. The molecule has 96 valence electrons. The number of amides is 1. The average molecular weight is 269 g/mol. The molecule has 0 aliphatic carbocycles. The van der Waals surface area contributed by atoms with Gasteiger partial charge in [-0.3, -0.25) is 4.79 Å². The van der Waals surface area contributed by atoms with Gasteiger partial charge in [-0.15, -0.1) is 0 Å². The Labute approximate surface area is 110 Å². The number of benzene rings is 1. The lowest BCUT2D eigenvalue weighted by Crippen LogP contribution is -2.30. The number of carbonyl (C=O) groups is 1. The molecule has 1 aliphatic rings. The quantitative estimate of drug-likeness (QED) is 0.825. The summed E-state index contributed by atoms with van der Waals surface area (Å²) in [6.07, 6.45) is 2.94. The first-order valence-corrected chi connectivity index (χ1v) is 6.17. The molecule has 0 bridgehead atoms. The van der Waals surface area contributed by atoms with Gasteiger partial charge in [0.15, 0.2) is 5.82 Å². The van der Waals surface area contributed by atoms with Gasteiger partial charge in [0, 0.05) is 13.1 Å². The van der Waals surface area contributed by atoms with Crippen LogP contribution in [0.1, 0.15) is 16.8 Å². The number of hydrogen-bond donors (Lipinski definition) is 2. The standard InChI is InChI=1S/C13H14ClFN2O/c14-11-3-1-2-10(12(11)15)13(18)17-8-9-4-6-16-7-5-9/h1-4,16H,5-8H2,(H,17,18). The maximum absolute atomic E-state index is 13.6. The molecule has 0 fully saturated rings. The largest absolute Gasteiger partial charge is 0.348 e. The lowest BCUT2D eigenvalue weighted by molar-refractivity contribution is 0.0952. The van der Waals surface area contributed by atoms with Crippen molar-refractivity contribution in [3.8, 4) is 0 Å². The van der Waals surface area contributed by atoms with E-state index in [4.69, 9.17) is 11.6 Å². The van der Waals surface area contributed by atoms with Crippen LogP contribution in [-0.4, -0.2) is 25.5 Å². The second-order valence-electron chi connectivity index (χ2n) is 4.10. The van der Waals surface area contributed by atoms with Crippen molar-refractivity contribution >= 4 is 17.5 Å². The second kappa shape index (κ2) is 5.98. The SMILES string of the molecule is O=C(NCC1=CCNCC1)c1cccc(Cl)c1F. The molecule has 18 heavy (non-hydrogen) atoms. The summed E-state index contributed by atoms with van der Waals surface area (Å²) < 4.78 is 13.6. The molecular formula is C13H14ClFN2O. The van der Waals surface area contributed by atoms with Crippen LogP contribution in [0.2, 0.25) is 5.02 Å². The highest BCUT2D eigenvalue weighted by Gasteiger charge is 2.14. The van der Waals surface area contributed by atoms with Crippen molar-refractivity contribution in [1.82, 2.24) is 10.6 Å². The van der Waals surface area contributed by atoms with Crippen LogP contribution in [0.5, 0.6) is 0 Å². The Bertz CT molecular complexity index is 488. The molecule has 0 spiro atoms. The van der Waals surface area contributed by atoms with Crippen molar-refractivity contribution in [1.29, 1.82) is 0 Å². The molecule has 0 saturated carbocycles. The Morgan fingerprint density at radius 1 is 1.50 bits per heavy atom. The summed E-state index contributed by atoms with van der Waals surface area (Å²) in [6, 6.07) is 4.40. The third-order valence-corrected chi connectivity index (χ3v) is 3.12. The van der Waals surface area contributed by atoms with E-state index >= 15 is 0 Å². The van der Waals surface area contributed by atoms with Gasteiger partial charge < -0.3 is 10.6 Å². The summed E-state index contributed by atoms with van der Waals surface area (Å²) in [5, 5.41) is 5.85. The molecule has 1 amide bonds. The lowest BCUT2D eigenvalue weighted by Gasteiger charge is -2.14. The van der Waals surface area contributed by atoms with E-state index in [-0.39, 0.29) is 10.6 Å². The fraction of sp³-hybridized carbons (Fsp3) is 0.308. The summed E-state index contributed by atoms with van der Waals surface area (Å²) in [7, 11) is 0. The van der Waals surface area contributed by atoms with Crippen molar-refractivity contribution in [2.45, 2.75) is 6.42 Å². The third kappa shape index (κ3) is 3.09. The highest BCUT2D eigenvalue weighted by atomic mass is 35.5. The van der Waals surface area contributed by atoms with Gasteiger partial charge in [0.05, 0.1) is 10.6 Å². The summed E-state index contributed by atoms with van der Waals surface area (Å²) in [5.41, 5.74) is 1.14. The highest BCUT2D eigenvalue weighted by molar-refractivity contribution is 6.31. The monoisotopic (exact) mass is 268 g/mol. The van der Waals surface area contributed by atoms with Crippen LogP contribution < -0.4 is 10.6 Å². The van der Waals surface area contributed by atoms with Gasteiger partial charge in [-0.25, -0.2) is 4.39 Å². The molecule has 0 radical (unpaired) electrons. The predicted molar refractivity (Wildman–Crippen MR) is 69.3 cm³/mol. The van der Waals surface area contributed by atoms with E-state index in [2.05, 4.69) is 10.6 Å². The molecule has 3 nitrogen and oxygen atoms in total. The van der Waals surface area contributed by atoms with Crippen LogP contribution in [-0.2, 0) is 0 Å². The summed E-state index contributed by atoms with van der Waals surface area (Å²) in [4.78, 5) is 11.8. The van der Waals surface area contributed by atoms with E-state index in [1.54, 1.807) is 6.07 Å². The molecular weight excluding hydrogens is 255 g/mol. The van der Waals surface area contributed by atoms with Gasteiger partial charge in [0.1, 0.15) is 0 Å². The minimum Gasteiger partial charge on any atom is -0.348 e. The fourth-order valence-electron chi connectivity index (χ4n) is 1.80. The Hall–Kier alpha value is -1.39.